The van der Waals surface area contributed by atoms with Gasteiger partial charge in [-0.1, -0.05) is 29.8 Å². The van der Waals surface area contributed by atoms with E-state index in [0.717, 1.165) is 22.0 Å². The highest BCUT2D eigenvalue weighted by atomic mass is 35.5. The van der Waals surface area contributed by atoms with Crippen LogP contribution in [-0.2, 0) is 0 Å². The first-order valence-electron chi connectivity index (χ1n) is 5.23. The van der Waals surface area contributed by atoms with Gasteiger partial charge >= 0.3 is 0 Å². The monoisotopic (exact) mass is 243 g/mol. The largest absolute Gasteiger partial charge is 0.384 e. The summed E-state index contributed by atoms with van der Waals surface area (Å²) in [5, 5.41) is 1.75. The van der Waals surface area contributed by atoms with Crippen LogP contribution in [0.25, 0.3) is 22.0 Å². The highest BCUT2D eigenvalue weighted by Gasteiger charge is 2.09. The molecule has 84 valence electrons. The number of fused-ring (bicyclic) bond motifs is 1. The first-order valence-corrected chi connectivity index (χ1v) is 5.61. The van der Waals surface area contributed by atoms with Gasteiger partial charge in [-0.25, -0.2) is 4.98 Å². The van der Waals surface area contributed by atoms with Crippen LogP contribution < -0.4 is 5.73 Å². The van der Waals surface area contributed by atoms with E-state index in [1.54, 1.807) is 12.3 Å². The Bertz CT molecular complexity index is 688. The Morgan fingerprint density at radius 1 is 1.18 bits per heavy atom. The molecule has 0 spiro atoms. The van der Waals surface area contributed by atoms with Crippen LogP contribution in [0.3, 0.4) is 0 Å². The van der Waals surface area contributed by atoms with E-state index in [2.05, 4.69) is 9.97 Å². The van der Waals surface area contributed by atoms with E-state index in [1.165, 1.54) is 0 Å². The van der Waals surface area contributed by atoms with Crippen LogP contribution in [0.15, 0.2) is 42.7 Å². The number of pyridine rings is 1. The number of nitrogens with one attached hydrogen (secondary N) is 1. The van der Waals surface area contributed by atoms with Crippen LogP contribution >= 0.6 is 11.6 Å². The first-order chi connectivity index (χ1) is 8.25. The third-order valence-electron chi connectivity index (χ3n) is 2.75. The fourth-order valence-electron chi connectivity index (χ4n) is 1.97. The molecular weight excluding hydrogens is 234 g/mol. The number of nitrogens with two attached hydrogens (primary N) is 1. The Morgan fingerprint density at radius 3 is 2.94 bits per heavy atom. The molecule has 3 rings (SSSR count). The Labute approximate surface area is 103 Å². The zero-order valence-corrected chi connectivity index (χ0v) is 9.70. The highest BCUT2D eigenvalue weighted by Crippen LogP contribution is 2.33. The van der Waals surface area contributed by atoms with Gasteiger partial charge in [0, 0.05) is 23.5 Å². The normalized spacial score (nSPS) is 10.9. The summed E-state index contributed by atoms with van der Waals surface area (Å²) in [5.74, 6) is 0.466. The van der Waals surface area contributed by atoms with Crippen molar-refractivity contribution < 1.29 is 0 Å². The number of anilines is 1. The molecule has 1 aromatic carbocycles. The molecule has 0 saturated carbocycles. The summed E-state index contributed by atoms with van der Waals surface area (Å²) < 4.78 is 0. The minimum Gasteiger partial charge on any atom is -0.384 e. The number of hydrogen-bond acceptors (Lipinski definition) is 2. The second kappa shape index (κ2) is 3.79. The van der Waals surface area contributed by atoms with Gasteiger partial charge in [-0.05, 0) is 17.5 Å². The van der Waals surface area contributed by atoms with Crippen molar-refractivity contribution in [3.05, 3.63) is 47.7 Å². The second-order valence-electron chi connectivity index (χ2n) is 3.84. The second-order valence-corrected chi connectivity index (χ2v) is 4.24. The van der Waals surface area contributed by atoms with Crippen LogP contribution in [0.5, 0.6) is 0 Å². The molecule has 0 fully saturated rings. The number of halogens is 1. The molecule has 0 unspecified atom stereocenters. The molecular formula is C13H10ClN3. The molecule has 2 aromatic heterocycles. The van der Waals surface area contributed by atoms with Crippen LogP contribution in [0.1, 0.15) is 0 Å². The molecule has 3 N–H and O–H groups in total. The molecule has 0 aliphatic rings. The van der Waals surface area contributed by atoms with Gasteiger partial charge in [-0.15, -0.1) is 0 Å². The van der Waals surface area contributed by atoms with Crippen LogP contribution in [0.2, 0.25) is 5.02 Å². The van der Waals surface area contributed by atoms with E-state index < -0.39 is 0 Å². The highest BCUT2D eigenvalue weighted by molar-refractivity contribution is 6.33. The zero-order chi connectivity index (χ0) is 11.8. The molecule has 2 heterocycles. The predicted molar refractivity (Wildman–Crippen MR) is 71.0 cm³/mol. The summed E-state index contributed by atoms with van der Waals surface area (Å²) >= 11 is 6.17. The summed E-state index contributed by atoms with van der Waals surface area (Å²) in [5.41, 5.74) is 8.69. The maximum absolute atomic E-state index is 6.17. The number of benzene rings is 1. The average Bonchev–Trinajstić information content (AvgIpc) is 2.80. The zero-order valence-electron chi connectivity index (χ0n) is 8.94. The van der Waals surface area contributed by atoms with Gasteiger partial charge in [0.2, 0.25) is 0 Å². The molecule has 0 saturated heterocycles. The molecule has 17 heavy (non-hydrogen) atoms. The maximum atomic E-state index is 6.17. The van der Waals surface area contributed by atoms with Gasteiger partial charge in [0.15, 0.2) is 0 Å². The maximum Gasteiger partial charge on any atom is 0.124 e. The van der Waals surface area contributed by atoms with Crippen molar-refractivity contribution in [2.75, 3.05) is 5.73 Å². The molecule has 0 atom stereocenters. The number of aromatic amines is 1. The fourth-order valence-corrected chi connectivity index (χ4v) is 2.18. The minimum absolute atomic E-state index is 0.466. The number of nitrogens with zero attached hydrogens (tertiary/aromatic N) is 1. The van der Waals surface area contributed by atoms with E-state index >= 15 is 0 Å². The summed E-state index contributed by atoms with van der Waals surface area (Å²) in [6, 6.07) is 9.88. The van der Waals surface area contributed by atoms with Crippen molar-refractivity contribution in [2.45, 2.75) is 0 Å². The Hall–Kier alpha value is -2.00. The van der Waals surface area contributed by atoms with Gasteiger partial charge in [0.25, 0.3) is 0 Å². The van der Waals surface area contributed by atoms with E-state index in [9.17, 15) is 0 Å². The summed E-state index contributed by atoms with van der Waals surface area (Å²) in [6.45, 7) is 0. The lowest BCUT2D eigenvalue weighted by molar-refractivity contribution is 1.34. The molecule has 3 aromatic rings. The topological polar surface area (TPSA) is 54.7 Å². The first kappa shape index (κ1) is 10.2. The molecule has 0 bridgehead atoms. The standard InChI is InChI=1S/C13H10ClN3/c14-11-7-17-12(15)6-10(11)9-3-1-2-8-4-5-16-13(8)9/h1-7,16H,(H2,15,17). The predicted octanol–water partition coefficient (Wildman–Crippen LogP) is 3.47. The SMILES string of the molecule is Nc1cc(-c2cccc3cc[nH]c23)c(Cl)cn1. The van der Waals surface area contributed by atoms with E-state index in [0.29, 0.717) is 10.8 Å². The smallest absolute Gasteiger partial charge is 0.124 e. The lowest BCUT2D eigenvalue weighted by Crippen LogP contribution is -1.91. The Kier molecular flexibility index (Phi) is 2.27. The molecule has 0 radical (unpaired) electrons. The molecule has 3 nitrogen and oxygen atoms in total. The molecule has 0 aliphatic carbocycles. The molecule has 0 aliphatic heterocycles. The lowest BCUT2D eigenvalue weighted by Gasteiger charge is -2.06. The van der Waals surface area contributed by atoms with Gasteiger partial charge < -0.3 is 10.7 Å². The third-order valence-corrected chi connectivity index (χ3v) is 3.06. The van der Waals surface area contributed by atoms with Gasteiger partial charge in [0.05, 0.1) is 10.5 Å². The van der Waals surface area contributed by atoms with Gasteiger partial charge in [0.1, 0.15) is 5.82 Å². The number of nitrogen functional groups attached to an aromatic ring is 1. The molecule has 0 amide bonds. The molecule has 4 heteroatoms. The summed E-state index contributed by atoms with van der Waals surface area (Å²) in [4.78, 5) is 7.18. The Morgan fingerprint density at radius 2 is 2.06 bits per heavy atom. The van der Waals surface area contributed by atoms with Gasteiger partial charge in [-0.3, -0.25) is 0 Å². The number of hydrogen-bond donors (Lipinski definition) is 2. The van der Waals surface area contributed by atoms with Crippen molar-refractivity contribution in [3.63, 3.8) is 0 Å². The third kappa shape index (κ3) is 1.65. The van der Waals surface area contributed by atoms with Crippen LogP contribution in [0, 0.1) is 0 Å². The van der Waals surface area contributed by atoms with Crippen molar-refractivity contribution in [1.29, 1.82) is 0 Å². The fraction of sp³-hybridized carbons (Fsp3) is 0. The minimum atomic E-state index is 0.466. The Balaban J connectivity index is 2.34. The van der Waals surface area contributed by atoms with E-state index in [4.69, 9.17) is 17.3 Å². The number of aromatic nitrogens is 2. The number of para-hydroxylation sites is 1. The summed E-state index contributed by atoms with van der Waals surface area (Å²) in [6.07, 6.45) is 3.49. The van der Waals surface area contributed by atoms with Crippen LogP contribution in [-0.4, -0.2) is 9.97 Å². The number of rotatable bonds is 1. The van der Waals surface area contributed by atoms with E-state index in [-0.39, 0.29) is 0 Å². The van der Waals surface area contributed by atoms with Crippen molar-refractivity contribution in [2.24, 2.45) is 0 Å². The van der Waals surface area contributed by atoms with E-state index in [1.807, 2.05) is 30.5 Å². The van der Waals surface area contributed by atoms with Crippen molar-refractivity contribution >= 4 is 28.3 Å². The number of H-pyrrole nitrogens is 1. The lowest BCUT2D eigenvalue weighted by atomic mass is 10.0. The van der Waals surface area contributed by atoms with Crippen molar-refractivity contribution in [3.8, 4) is 11.1 Å². The quantitative estimate of drug-likeness (QED) is 0.688. The summed E-state index contributed by atoms with van der Waals surface area (Å²) in [7, 11) is 0. The average molecular weight is 244 g/mol. The van der Waals surface area contributed by atoms with Gasteiger partial charge in [-0.2, -0.15) is 0 Å². The van der Waals surface area contributed by atoms with Crippen LogP contribution in [0.4, 0.5) is 5.82 Å². The van der Waals surface area contributed by atoms with Crippen molar-refractivity contribution in [1.82, 2.24) is 9.97 Å².